The molecule has 0 bridgehead atoms. The predicted octanol–water partition coefficient (Wildman–Crippen LogP) is 6.78. The number of ether oxygens (including phenoxy) is 2. The first-order chi connectivity index (χ1) is 14.2. The van der Waals surface area contributed by atoms with Crippen molar-refractivity contribution in [3.8, 4) is 0 Å². The standard InChI is InChI=1S/C21H42O3.C4H10O/c1-2-3-4-5-6-7-8-9-10-11-12-13-14-15-16-17-18-24-20-21(23)19-22;1-3-5-4-2/h17-18,21-23H,2-16,19-20H2,1H3;3-4H2,1-2H3/b18-17+;. The van der Waals surface area contributed by atoms with Crippen molar-refractivity contribution in [2.45, 2.75) is 123 Å². The first kappa shape index (κ1) is 30.6. The molecule has 0 saturated heterocycles. The quantitative estimate of drug-likeness (QED) is 0.160. The molecular formula is C25H52O4. The Hall–Kier alpha value is -0.580. The number of rotatable bonds is 21. The van der Waals surface area contributed by atoms with Crippen molar-refractivity contribution in [3.05, 3.63) is 12.3 Å². The Morgan fingerprint density at radius 3 is 1.52 bits per heavy atom. The molecule has 0 heterocycles. The second kappa shape index (κ2) is 29.6. The number of hydrogen-bond acceptors (Lipinski definition) is 4. The molecule has 1 unspecified atom stereocenters. The minimum atomic E-state index is -0.768. The molecule has 0 spiro atoms. The average Bonchev–Trinajstić information content (AvgIpc) is 2.73. The number of allylic oxidation sites excluding steroid dienone is 1. The summed E-state index contributed by atoms with van der Waals surface area (Å²) >= 11 is 0. The normalized spacial score (nSPS) is 12.0. The molecule has 0 fully saturated rings. The fraction of sp³-hybridized carbons (Fsp3) is 0.920. The van der Waals surface area contributed by atoms with Crippen LogP contribution in [0.3, 0.4) is 0 Å². The molecule has 0 aromatic heterocycles. The molecule has 4 nitrogen and oxygen atoms in total. The van der Waals surface area contributed by atoms with Gasteiger partial charge in [0.05, 0.1) is 12.9 Å². The molecule has 0 saturated carbocycles. The van der Waals surface area contributed by atoms with Gasteiger partial charge in [-0.05, 0) is 32.8 Å². The zero-order valence-electron chi connectivity index (χ0n) is 19.9. The molecule has 0 aliphatic rings. The van der Waals surface area contributed by atoms with Crippen molar-refractivity contribution >= 4 is 0 Å². The van der Waals surface area contributed by atoms with Crippen LogP contribution in [0.4, 0.5) is 0 Å². The lowest BCUT2D eigenvalue weighted by molar-refractivity contribution is 0.0383. The lowest BCUT2D eigenvalue weighted by atomic mass is 10.0. The highest BCUT2D eigenvalue weighted by molar-refractivity contribution is 4.73. The molecule has 0 radical (unpaired) electrons. The monoisotopic (exact) mass is 416 g/mol. The Kier molecular flexibility index (Phi) is 31.3. The largest absolute Gasteiger partial charge is 0.499 e. The van der Waals surface area contributed by atoms with E-state index in [1.807, 2.05) is 19.9 Å². The highest BCUT2D eigenvalue weighted by Crippen LogP contribution is 2.13. The summed E-state index contributed by atoms with van der Waals surface area (Å²) in [6, 6.07) is 0. The molecule has 0 aliphatic heterocycles. The Labute approximate surface area is 182 Å². The zero-order valence-corrected chi connectivity index (χ0v) is 19.9. The van der Waals surface area contributed by atoms with Crippen molar-refractivity contribution in [3.63, 3.8) is 0 Å². The van der Waals surface area contributed by atoms with E-state index in [2.05, 4.69) is 6.92 Å². The van der Waals surface area contributed by atoms with Gasteiger partial charge in [-0.2, -0.15) is 0 Å². The second-order valence-corrected chi connectivity index (χ2v) is 7.71. The van der Waals surface area contributed by atoms with Gasteiger partial charge in [-0.15, -0.1) is 0 Å². The smallest absolute Gasteiger partial charge is 0.115 e. The molecule has 1 atom stereocenters. The third kappa shape index (κ3) is 32.3. The molecule has 0 rings (SSSR count). The number of hydrogen-bond donors (Lipinski definition) is 2. The van der Waals surface area contributed by atoms with E-state index in [1.54, 1.807) is 6.26 Å². The van der Waals surface area contributed by atoms with Crippen molar-refractivity contribution in [2.24, 2.45) is 0 Å². The maximum atomic E-state index is 9.08. The van der Waals surface area contributed by atoms with Gasteiger partial charge in [0.1, 0.15) is 12.7 Å². The summed E-state index contributed by atoms with van der Waals surface area (Å²) in [4.78, 5) is 0. The summed E-state index contributed by atoms with van der Waals surface area (Å²) in [7, 11) is 0. The van der Waals surface area contributed by atoms with E-state index in [0.717, 1.165) is 19.6 Å². The lowest BCUT2D eigenvalue weighted by Gasteiger charge is -2.05. The van der Waals surface area contributed by atoms with E-state index in [9.17, 15) is 0 Å². The number of aliphatic hydroxyl groups excluding tert-OH is 2. The van der Waals surface area contributed by atoms with E-state index in [-0.39, 0.29) is 13.2 Å². The van der Waals surface area contributed by atoms with Crippen molar-refractivity contribution in [2.75, 3.05) is 26.4 Å². The van der Waals surface area contributed by atoms with E-state index in [1.165, 1.54) is 89.9 Å². The molecule has 0 amide bonds. The van der Waals surface area contributed by atoms with Gasteiger partial charge in [0.15, 0.2) is 0 Å². The van der Waals surface area contributed by atoms with Crippen LogP contribution < -0.4 is 0 Å². The van der Waals surface area contributed by atoms with Crippen LogP contribution in [0, 0.1) is 0 Å². The summed E-state index contributed by atoms with van der Waals surface area (Å²) in [5.74, 6) is 0. The van der Waals surface area contributed by atoms with Gasteiger partial charge in [-0.1, -0.05) is 90.4 Å². The summed E-state index contributed by atoms with van der Waals surface area (Å²) in [6.45, 7) is 7.87. The number of aliphatic hydroxyl groups is 2. The molecule has 29 heavy (non-hydrogen) atoms. The minimum absolute atomic E-state index is 0.172. The van der Waals surface area contributed by atoms with Crippen molar-refractivity contribution in [1.82, 2.24) is 0 Å². The Balaban J connectivity index is 0. The van der Waals surface area contributed by atoms with Gasteiger partial charge in [0, 0.05) is 13.2 Å². The van der Waals surface area contributed by atoms with Crippen LogP contribution in [0.25, 0.3) is 0 Å². The second-order valence-electron chi connectivity index (χ2n) is 7.71. The topological polar surface area (TPSA) is 58.9 Å². The van der Waals surface area contributed by atoms with Gasteiger partial charge in [-0.3, -0.25) is 0 Å². The Bertz CT molecular complexity index is 293. The summed E-state index contributed by atoms with van der Waals surface area (Å²) in [6.07, 6.45) is 23.3. The SMILES string of the molecule is CCCCCCCCCCCCCCCC/C=C/OCC(O)CO.CCOCC. The highest BCUT2D eigenvalue weighted by Gasteiger charge is 1.98. The molecule has 176 valence electrons. The van der Waals surface area contributed by atoms with Crippen molar-refractivity contribution in [1.29, 1.82) is 0 Å². The zero-order chi connectivity index (χ0) is 21.8. The first-order valence-corrected chi connectivity index (χ1v) is 12.4. The Morgan fingerprint density at radius 2 is 1.14 bits per heavy atom. The van der Waals surface area contributed by atoms with Crippen LogP contribution in [0.15, 0.2) is 12.3 Å². The minimum Gasteiger partial charge on any atom is -0.499 e. The predicted molar refractivity (Wildman–Crippen MR) is 125 cm³/mol. The van der Waals surface area contributed by atoms with Crippen LogP contribution in [0.5, 0.6) is 0 Å². The highest BCUT2D eigenvalue weighted by atomic mass is 16.5. The van der Waals surface area contributed by atoms with E-state index in [0.29, 0.717) is 0 Å². The molecule has 0 aliphatic carbocycles. The van der Waals surface area contributed by atoms with Gasteiger partial charge >= 0.3 is 0 Å². The van der Waals surface area contributed by atoms with Crippen LogP contribution >= 0.6 is 0 Å². The molecular weight excluding hydrogens is 364 g/mol. The van der Waals surface area contributed by atoms with Gasteiger partial charge in [-0.25, -0.2) is 0 Å². The maximum absolute atomic E-state index is 9.08. The van der Waals surface area contributed by atoms with Crippen LogP contribution in [0.1, 0.15) is 117 Å². The van der Waals surface area contributed by atoms with Gasteiger partial charge in [0.2, 0.25) is 0 Å². The lowest BCUT2D eigenvalue weighted by Crippen LogP contribution is -2.17. The first-order valence-electron chi connectivity index (χ1n) is 12.4. The summed E-state index contributed by atoms with van der Waals surface area (Å²) < 4.78 is 9.95. The van der Waals surface area contributed by atoms with Crippen LogP contribution in [-0.4, -0.2) is 42.7 Å². The third-order valence-corrected chi connectivity index (χ3v) is 4.82. The molecule has 2 N–H and O–H groups in total. The molecule has 0 aromatic rings. The third-order valence-electron chi connectivity index (χ3n) is 4.82. The Morgan fingerprint density at radius 1 is 0.690 bits per heavy atom. The fourth-order valence-electron chi connectivity index (χ4n) is 3.02. The van der Waals surface area contributed by atoms with E-state index >= 15 is 0 Å². The van der Waals surface area contributed by atoms with Crippen LogP contribution in [-0.2, 0) is 9.47 Å². The van der Waals surface area contributed by atoms with E-state index < -0.39 is 6.10 Å². The average molecular weight is 417 g/mol. The van der Waals surface area contributed by atoms with E-state index in [4.69, 9.17) is 19.7 Å². The van der Waals surface area contributed by atoms with Crippen LogP contribution in [0.2, 0.25) is 0 Å². The van der Waals surface area contributed by atoms with Gasteiger partial charge in [0.25, 0.3) is 0 Å². The van der Waals surface area contributed by atoms with Crippen molar-refractivity contribution < 1.29 is 19.7 Å². The van der Waals surface area contributed by atoms with Gasteiger partial charge < -0.3 is 19.7 Å². The summed E-state index contributed by atoms with van der Waals surface area (Å²) in [5, 5.41) is 17.7. The molecule has 0 aromatic carbocycles. The maximum Gasteiger partial charge on any atom is 0.115 e. The summed E-state index contributed by atoms with van der Waals surface area (Å²) in [5.41, 5.74) is 0. The fourth-order valence-corrected chi connectivity index (χ4v) is 3.02. The molecule has 4 heteroatoms. The number of unbranched alkanes of at least 4 members (excludes halogenated alkanes) is 14.